The summed E-state index contributed by atoms with van der Waals surface area (Å²) in [5.41, 5.74) is 13.3. The summed E-state index contributed by atoms with van der Waals surface area (Å²) in [6.45, 7) is 15.9. The Morgan fingerprint density at radius 1 is 0.382 bits per heavy atom. The van der Waals surface area contributed by atoms with Crippen molar-refractivity contribution in [2.75, 3.05) is 0 Å². The largest absolute Gasteiger partial charge is 0.0990 e. The van der Waals surface area contributed by atoms with E-state index in [0.717, 1.165) is 0 Å². The molecule has 2 aliphatic carbocycles. The van der Waals surface area contributed by atoms with Gasteiger partial charge in [-0.3, -0.25) is 0 Å². The van der Waals surface area contributed by atoms with Gasteiger partial charge in [0.25, 0.3) is 0 Å². The van der Waals surface area contributed by atoms with Gasteiger partial charge in [0.15, 0.2) is 0 Å². The maximum absolute atomic E-state index is 4.10. The van der Waals surface area contributed by atoms with Crippen molar-refractivity contribution < 1.29 is 0 Å². The standard InChI is InChI=1S/C55H42/c1-7-15-35-34(8-2)36-16-9-12-19-39(36)44-28-48-42-24-22-32(26-50(42)54(3,4)52(48)30-46(35)44)33-23-25-43-49-29-45-40-20-13-10-17-37(40)38-18-11-14-21-41(38)47(45)31-53(49)55(5,6)51(43)27-33/h7-31H,1H2,2-6H3/b34-8+,35-15+. The lowest BCUT2D eigenvalue weighted by atomic mass is 9.79. The molecule has 0 fully saturated rings. The molecule has 11 rings (SSSR count). The molecule has 0 spiro atoms. The minimum atomic E-state index is -0.153. The third kappa shape index (κ3) is 4.23. The van der Waals surface area contributed by atoms with Gasteiger partial charge in [-0.05, 0) is 163 Å². The lowest BCUT2D eigenvalue weighted by Gasteiger charge is -2.24. The van der Waals surface area contributed by atoms with E-state index in [9.17, 15) is 0 Å². The summed E-state index contributed by atoms with van der Waals surface area (Å²) < 4.78 is 0. The Balaban J connectivity index is 1.07. The molecule has 0 amide bonds. The Morgan fingerprint density at radius 3 is 1.24 bits per heavy atom. The van der Waals surface area contributed by atoms with Gasteiger partial charge in [-0.15, -0.1) is 0 Å². The molecular formula is C55H42. The van der Waals surface area contributed by atoms with Gasteiger partial charge >= 0.3 is 0 Å². The molecule has 0 nitrogen and oxygen atoms in total. The number of fused-ring (bicyclic) bond motifs is 15. The average Bonchev–Trinajstić information content (AvgIpc) is 3.57. The number of rotatable bonds is 2. The fourth-order valence-corrected chi connectivity index (χ4v) is 10.6. The van der Waals surface area contributed by atoms with E-state index in [1.54, 1.807) is 0 Å². The zero-order valence-electron chi connectivity index (χ0n) is 32.1. The van der Waals surface area contributed by atoms with Crippen molar-refractivity contribution in [3.8, 4) is 33.4 Å². The molecule has 0 bridgehead atoms. The highest BCUT2D eigenvalue weighted by atomic mass is 14.4. The monoisotopic (exact) mass is 702 g/mol. The Hall–Kier alpha value is -6.24. The van der Waals surface area contributed by atoms with Gasteiger partial charge in [0, 0.05) is 10.8 Å². The molecule has 0 heteroatoms. The fraction of sp³-hybridized carbons (Fsp3) is 0.127. The van der Waals surface area contributed by atoms with Crippen LogP contribution in [0.25, 0.3) is 99.4 Å². The van der Waals surface area contributed by atoms with E-state index in [1.807, 2.05) is 6.08 Å². The van der Waals surface area contributed by atoms with Crippen molar-refractivity contribution in [3.05, 3.63) is 179 Å². The van der Waals surface area contributed by atoms with E-state index < -0.39 is 0 Å². The van der Waals surface area contributed by atoms with Crippen LogP contribution in [0.4, 0.5) is 0 Å². The van der Waals surface area contributed by atoms with Crippen molar-refractivity contribution in [1.29, 1.82) is 0 Å². The molecular weight excluding hydrogens is 661 g/mol. The number of benzene rings is 9. The SMILES string of the molecule is C=C/C=c1\c(=C/C)c2ccccc2c2cc3c(cc12)C(C)(C)c1cc(-c2ccc4c(c2)C(C)(C)c2cc5c6ccccc6c6ccccc6c5cc2-4)ccc1-3. The third-order valence-electron chi connectivity index (χ3n) is 13.3. The van der Waals surface area contributed by atoms with Crippen LogP contribution < -0.4 is 10.4 Å². The van der Waals surface area contributed by atoms with Crippen LogP contribution in [0, 0.1) is 0 Å². The third-order valence-corrected chi connectivity index (χ3v) is 13.3. The summed E-state index contributed by atoms with van der Waals surface area (Å²) in [6, 6.07) is 51.0. The molecule has 55 heavy (non-hydrogen) atoms. The van der Waals surface area contributed by atoms with Gasteiger partial charge in [-0.2, -0.15) is 0 Å². The van der Waals surface area contributed by atoms with Gasteiger partial charge in [0.1, 0.15) is 0 Å². The Morgan fingerprint density at radius 2 is 0.764 bits per heavy atom. The molecule has 0 heterocycles. The minimum Gasteiger partial charge on any atom is -0.0990 e. The molecule has 0 aliphatic heterocycles. The molecule has 9 aromatic rings. The first-order valence-electron chi connectivity index (χ1n) is 19.7. The quantitative estimate of drug-likeness (QED) is 0.157. The zero-order chi connectivity index (χ0) is 37.4. The smallest absolute Gasteiger partial charge is 0.0159 e. The van der Waals surface area contributed by atoms with Crippen LogP contribution in [0.15, 0.2) is 146 Å². The first kappa shape index (κ1) is 32.2. The van der Waals surface area contributed by atoms with E-state index in [1.165, 1.54) is 120 Å². The van der Waals surface area contributed by atoms with Gasteiger partial charge in [0.2, 0.25) is 0 Å². The van der Waals surface area contributed by atoms with E-state index in [4.69, 9.17) is 0 Å². The van der Waals surface area contributed by atoms with Crippen molar-refractivity contribution in [2.45, 2.75) is 45.4 Å². The second-order valence-corrected chi connectivity index (χ2v) is 16.8. The predicted octanol–water partition coefficient (Wildman–Crippen LogP) is 13.5. The van der Waals surface area contributed by atoms with Gasteiger partial charge in [-0.25, -0.2) is 0 Å². The van der Waals surface area contributed by atoms with Crippen LogP contribution in [-0.4, -0.2) is 0 Å². The van der Waals surface area contributed by atoms with Crippen molar-refractivity contribution in [2.24, 2.45) is 0 Å². The summed E-state index contributed by atoms with van der Waals surface area (Å²) in [4.78, 5) is 0. The maximum Gasteiger partial charge on any atom is 0.0159 e. The molecule has 0 N–H and O–H groups in total. The second kappa shape index (κ2) is 11.2. The first-order valence-corrected chi connectivity index (χ1v) is 19.7. The summed E-state index contributed by atoms with van der Waals surface area (Å²) in [5, 5.41) is 15.7. The van der Waals surface area contributed by atoms with Crippen molar-refractivity contribution in [1.82, 2.24) is 0 Å². The van der Waals surface area contributed by atoms with Gasteiger partial charge in [-0.1, -0.05) is 150 Å². The Labute approximate surface area is 322 Å². The summed E-state index contributed by atoms with van der Waals surface area (Å²) in [7, 11) is 0. The van der Waals surface area contributed by atoms with E-state index >= 15 is 0 Å². The fourth-order valence-electron chi connectivity index (χ4n) is 10.6. The number of allylic oxidation sites excluding steroid dienone is 1. The van der Waals surface area contributed by atoms with E-state index in [2.05, 4.69) is 187 Å². The Bertz CT molecular complexity index is 3330. The first-order chi connectivity index (χ1) is 26.7. The molecule has 0 radical (unpaired) electrons. The molecule has 262 valence electrons. The lowest BCUT2D eigenvalue weighted by molar-refractivity contribution is 0.660. The van der Waals surface area contributed by atoms with Crippen LogP contribution in [0.1, 0.15) is 56.9 Å². The number of hydrogen-bond donors (Lipinski definition) is 0. The zero-order valence-corrected chi connectivity index (χ0v) is 32.1. The van der Waals surface area contributed by atoms with E-state index in [-0.39, 0.29) is 10.8 Å². The van der Waals surface area contributed by atoms with Gasteiger partial charge in [0.05, 0.1) is 0 Å². The highest BCUT2D eigenvalue weighted by Crippen LogP contribution is 2.54. The normalized spacial score (nSPS) is 15.6. The molecule has 2 aliphatic rings. The van der Waals surface area contributed by atoms with Crippen molar-refractivity contribution in [3.63, 3.8) is 0 Å². The molecule has 0 saturated carbocycles. The van der Waals surface area contributed by atoms with Crippen molar-refractivity contribution >= 4 is 66.0 Å². The summed E-state index contributed by atoms with van der Waals surface area (Å²) >= 11 is 0. The van der Waals surface area contributed by atoms with Crippen LogP contribution in [-0.2, 0) is 10.8 Å². The molecule has 0 unspecified atom stereocenters. The minimum absolute atomic E-state index is 0.133. The average molecular weight is 703 g/mol. The van der Waals surface area contributed by atoms with Crippen LogP contribution in [0.5, 0.6) is 0 Å². The second-order valence-electron chi connectivity index (χ2n) is 16.8. The Kier molecular flexibility index (Phi) is 6.53. The predicted molar refractivity (Wildman–Crippen MR) is 239 cm³/mol. The highest BCUT2D eigenvalue weighted by Gasteiger charge is 2.38. The van der Waals surface area contributed by atoms with Crippen LogP contribution >= 0.6 is 0 Å². The van der Waals surface area contributed by atoms with Crippen LogP contribution in [0.2, 0.25) is 0 Å². The summed E-state index contributed by atoms with van der Waals surface area (Å²) in [5.74, 6) is 0. The van der Waals surface area contributed by atoms with Gasteiger partial charge < -0.3 is 0 Å². The maximum atomic E-state index is 4.10. The van der Waals surface area contributed by atoms with Crippen LogP contribution in [0.3, 0.4) is 0 Å². The molecule has 9 aromatic carbocycles. The van der Waals surface area contributed by atoms with E-state index in [0.29, 0.717) is 0 Å². The lowest BCUT2D eigenvalue weighted by Crippen LogP contribution is -2.26. The highest BCUT2D eigenvalue weighted by molar-refractivity contribution is 6.26. The molecule has 0 saturated heterocycles. The summed E-state index contributed by atoms with van der Waals surface area (Å²) in [6.07, 6.45) is 6.36. The molecule has 0 aromatic heterocycles. The topological polar surface area (TPSA) is 0 Å². The molecule has 0 atom stereocenters. The number of hydrogen-bond acceptors (Lipinski definition) is 0.